The second kappa shape index (κ2) is 7.52. The van der Waals surface area contributed by atoms with Crippen LogP contribution in [0.5, 0.6) is 0 Å². The summed E-state index contributed by atoms with van der Waals surface area (Å²) < 4.78 is 2.35. The summed E-state index contributed by atoms with van der Waals surface area (Å²) in [6, 6.07) is 31.7. The molecule has 0 atom stereocenters. The van der Waals surface area contributed by atoms with Crippen LogP contribution in [0.4, 0.5) is 0 Å². The smallest absolute Gasteiger partial charge is 0.358 e. The highest BCUT2D eigenvalue weighted by Gasteiger charge is 2.20. The number of benzene rings is 4. The molecule has 1 heterocycles. The van der Waals surface area contributed by atoms with E-state index in [-0.39, 0.29) is 0 Å². The molecular weight excluding hydrogens is 374 g/mol. The Bertz CT molecular complexity index is 1190. The topological polar surface area (TPSA) is 40.5 Å². The number of hydrogen-bond acceptors (Lipinski definition) is 3. The molecule has 1 aromatic heterocycles. The van der Waals surface area contributed by atoms with Crippen LogP contribution in [-0.2, 0) is 0 Å². The molecule has 0 fully saturated rings. The first-order valence-electron chi connectivity index (χ1n) is 9.63. The molecule has 138 valence electrons. The summed E-state index contributed by atoms with van der Waals surface area (Å²) in [5.74, 6) is 0. The summed E-state index contributed by atoms with van der Waals surface area (Å²) >= 11 is 1.73. The first-order valence-corrected chi connectivity index (χ1v) is 10.4. The zero-order valence-electron chi connectivity index (χ0n) is 15.7. The zero-order chi connectivity index (χ0) is 19.8. The average Bonchev–Trinajstić information content (AvgIpc) is 3.16. The third-order valence-corrected chi connectivity index (χ3v) is 6.53. The Balaban J connectivity index is 1.60. The van der Waals surface area contributed by atoms with Gasteiger partial charge >= 0.3 is 13.8 Å². The summed E-state index contributed by atoms with van der Waals surface area (Å²) in [4.78, 5) is 0. The van der Waals surface area contributed by atoms with Crippen LogP contribution in [0.25, 0.3) is 20.2 Å². The molecule has 29 heavy (non-hydrogen) atoms. The van der Waals surface area contributed by atoms with E-state index in [0.717, 1.165) is 32.6 Å². The molecule has 2 nitrogen and oxygen atoms in total. The molecule has 5 rings (SSSR count). The molecule has 0 aliphatic carbocycles. The molecular formula is C24H18B2O2S. The van der Waals surface area contributed by atoms with E-state index in [9.17, 15) is 10.0 Å². The number of thiophene rings is 1. The Hall–Kier alpha value is -2.85. The monoisotopic (exact) mass is 392 g/mol. The van der Waals surface area contributed by atoms with Crippen LogP contribution < -0.4 is 21.9 Å². The van der Waals surface area contributed by atoms with E-state index in [1.165, 1.54) is 9.40 Å². The van der Waals surface area contributed by atoms with Gasteiger partial charge in [-0.1, -0.05) is 84.9 Å². The van der Waals surface area contributed by atoms with E-state index in [1.807, 2.05) is 72.8 Å². The Labute approximate surface area is 174 Å². The normalized spacial score (nSPS) is 11.1. The van der Waals surface area contributed by atoms with E-state index < -0.39 is 13.8 Å². The zero-order valence-corrected chi connectivity index (χ0v) is 16.5. The standard InChI is InChI=1S/C24H18B2O2S/c27-25(17-7-3-1-4-8-17)19-11-13-23-21(15-19)22-16-20(12-14-24(22)29-23)26(28)18-9-5-2-6-10-18/h1-16,27-28H. The third kappa shape index (κ3) is 3.38. The number of hydrogen-bond donors (Lipinski definition) is 2. The quantitative estimate of drug-likeness (QED) is 0.461. The fraction of sp³-hybridized carbons (Fsp3) is 0. The van der Waals surface area contributed by atoms with Crippen molar-refractivity contribution in [1.29, 1.82) is 0 Å². The summed E-state index contributed by atoms with van der Waals surface area (Å²) in [5.41, 5.74) is 3.51. The maximum atomic E-state index is 10.8. The molecule has 0 amide bonds. The number of fused-ring (bicyclic) bond motifs is 3. The van der Waals surface area contributed by atoms with Gasteiger partial charge in [0.2, 0.25) is 0 Å². The van der Waals surface area contributed by atoms with E-state index in [1.54, 1.807) is 11.3 Å². The van der Waals surface area contributed by atoms with Crippen LogP contribution in [0.15, 0.2) is 97.1 Å². The second-order valence-electron chi connectivity index (χ2n) is 7.24. The average molecular weight is 392 g/mol. The largest absolute Gasteiger partial charge is 0.443 e. The van der Waals surface area contributed by atoms with Gasteiger partial charge in [0.25, 0.3) is 0 Å². The molecule has 4 aromatic carbocycles. The van der Waals surface area contributed by atoms with Crippen molar-refractivity contribution in [1.82, 2.24) is 0 Å². The summed E-state index contributed by atoms with van der Waals surface area (Å²) in [5, 5.41) is 23.9. The maximum absolute atomic E-state index is 10.8. The highest BCUT2D eigenvalue weighted by molar-refractivity contribution is 7.25. The van der Waals surface area contributed by atoms with Crippen molar-refractivity contribution in [3.8, 4) is 0 Å². The fourth-order valence-electron chi connectivity index (χ4n) is 3.81. The van der Waals surface area contributed by atoms with Gasteiger partial charge in [-0.2, -0.15) is 0 Å². The van der Waals surface area contributed by atoms with E-state index in [4.69, 9.17) is 0 Å². The Kier molecular flexibility index (Phi) is 4.72. The SMILES string of the molecule is OB(c1ccccc1)c1ccc2sc3ccc(B(O)c4ccccc4)cc3c2c1. The van der Waals surface area contributed by atoms with E-state index in [2.05, 4.69) is 24.3 Å². The van der Waals surface area contributed by atoms with Crippen molar-refractivity contribution < 1.29 is 10.0 Å². The van der Waals surface area contributed by atoms with Crippen molar-refractivity contribution >= 4 is 67.2 Å². The summed E-state index contributed by atoms with van der Waals surface area (Å²) in [7, 11) is 0. The first-order chi connectivity index (χ1) is 14.2. The first kappa shape index (κ1) is 18.2. The molecule has 0 saturated heterocycles. The van der Waals surface area contributed by atoms with Crippen LogP contribution in [0.2, 0.25) is 0 Å². The van der Waals surface area contributed by atoms with Gasteiger partial charge in [0.05, 0.1) is 0 Å². The van der Waals surface area contributed by atoms with Crippen LogP contribution >= 0.6 is 11.3 Å². The van der Waals surface area contributed by atoms with Gasteiger partial charge in [-0.25, -0.2) is 0 Å². The van der Waals surface area contributed by atoms with Crippen molar-refractivity contribution in [2.75, 3.05) is 0 Å². The Morgan fingerprint density at radius 3 is 1.31 bits per heavy atom. The van der Waals surface area contributed by atoms with Gasteiger partial charge in [-0.05, 0) is 44.8 Å². The molecule has 5 aromatic rings. The highest BCUT2D eigenvalue weighted by Crippen LogP contribution is 2.32. The molecule has 0 bridgehead atoms. The Morgan fingerprint density at radius 1 is 0.483 bits per heavy atom. The lowest BCUT2D eigenvalue weighted by molar-refractivity contribution is 0.599. The summed E-state index contributed by atoms with van der Waals surface area (Å²) in [6.07, 6.45) is 0. The minimum absolute atomic E-state index is 0.659. The van der Waals surface area contributed by atoms with Crippen LogP contribution in [0.3, 0.4) is 0 Å². The molecule has 0 unspecified atom stereocenters. The molecule has 5 heteroatoms. The molecule has 0 aliphatic rings. The van der Waals surface area contributed by atoms with Crippen LogP contribution in [-0.4, -0.2) is 23.9 Å². The lowest BCUT2D eigenvalue weighted by Crippen LogP contribution is -2.42. The lowest BCUT2D eigenvalue weighted by atomic mass is 9.55. The van der Waals surface area contributed by atoms with Crippen molar-refractivity contribution in [2.45, 2.75) is 0 Å². The molecule has 0 spiro atoms. The van der Waals surface area contributed by atoms with Gasteiger partial charge in [0, 0.05) is 9.40 Å². The molecule has 2 N–H and O–H groups in total. The van der Waals surface area contributed by atoms with Gasteiger partial charge in [-0.15, -0.1) is 11.3 Å². The van der Waals surface area contributed by atoms with Crippen LogP contribution in [0.1, 0.15) is 0 Å². The highest BCUT2D eigenvalue weighted by atomic mass is 32.1. The van der Waals surface area contributed by atoms with Crippen LogP contribution in [0, 0.1) is 0 Å². The van der Waals surface area contributed by atoms with Crippen molar-refractivity contribution in [2.24, 2.45) is 0 Å². The van der Waals surface area contributed by atoms with E-state index >= 15 is 0 Å². The minimum atomic E-state index is -0.659. The number of rotatable bonds is 4. The van der Waals surface area contributed by atoms with Gasteiger partial charge in [-0.3, -0.25) is 0 Å². The van der Waals surface area contributed by atoms with E-state index in [0.29, 0.717) is 0 Å². The summed E-state index contributed by atoms with van der Waals surface area (Å²) in [6.45, 7) is -1.32. The van der Waals surface area contributed by atoms with Crippen molar-refractivity contribution in [3.63, 3.8) is 0 Å². The predicted octanol–water partition coefficient (Wildman–Crippen LogP) is 2.25. The molecule has 0 radical (unpaired) electrons. The molecule has 0 aliphatic heterocycles. The third-order valence-electron chi connectivity index (χ3n) is 5.38. The maximum Gasteiger partial charge on any atom is 0.358 e. The second-order valence-corrected chi connectivity index (χ2v) is 8.32. The Morgan fingerprint density at radius 2 is 0.897 bits per heavy atom. The van der Waals surface area contributed by atoms with Crippen molar-refractivity contribution in [3.05, 3.63) is 97.1 Å². The molecule has 0 saturated carbocycles. The lowest BCUT2D eigenvalue weighted by Gasteiger charge is -2.09. The predicted molar refractivity (Wildman–Crippen MR) is 127 cm³/mol. The van der Waals surface area contributed by atoms with Gasteiger partial charge in [0.1, 0.15) is 0 Å². The van der Waals surface area contributed by atoms with Gasteiger partial charge in [0.15, 0.2) is 0 Å². The van der Waals surface area contributed by atoms with Gasteiger partial charge < -0.3 is 10.0 Å². The minimum Gasteiger partial charge on any atom is -0.443 e. The fourth-order valence-corrected chi connectivity index (χ4v) is 4.88.